The van der Waals surface area contributed by atoms with Crippen molar-refractivity contribution in [2.75, 3.05) is 6.61 Å². The topological polar surface area (TPSA) is 57.5 Å². The zero-order chi connectivity index (χ0) is 8.97. The molecule has 64 valence electrons. The van der Waals surface area contributed by atoms with Gasteiger partial charge >= 0.3 is 0 Å². The van der Waals surface area contributed by atoms with Crippen molar-refractivity contribution < 1.29 is 15.0 Å². The Balaban J connectivity index is 2.79. The van der Waals surface area contributed by atoms with Gasteiger partial charge in [0.05, 0.1) is 6.61 Å². The second-order valence-corrected chi connectivity index (χ2v) is 2.43. The lowest BCUT2D eigenvalue weighted by Gasteiger charge is -2.04. The second-order valence-electron chi connectivity index (χ2n) is 2.43. The molecule has 2 N–H and O–H groups in total. The standard InChI is InChI=1S/C9H10O3/c10-6-8(11)9(12)7-4-2-1-3-5-7/h1-5,8,10-11H,6H2/t8-/m0/s1. The van der Waals surface area contributed by atoms with E-state index in [1.807, 2.05) is 0 Å². The van der Waals surface area contributed by atoms with E-state index in [0.29, 0.717) is 5.56 Å². The molecule has 0 fully saturated rings. The lowest BCUT2D eigenvalue weighted by molar-refractivity contribution is 0.0587. The molecular formula is C9H10O3. The lowest BCUT2D eigenvalue weighted by atomic mass is 10.1. The summed E-state index contributed by atoms with van der Waals surface area (Å²) in [6, 6.07) is 8.39. The molecule has 0 aromatic heterocycles. The Kier molecular flexibility index (Phi) is 2.96. The number of carbonyl (C=O) groups is 1. The van der Waals surface area contributed by atoms with E-state index < -0.39 is 18.5 Å². The van der Waals surface area contributed by atoms with Crippen molar-refractivity contribution in [3.8, 4) is 0 Å². The summed E-state index contributed by atoms with van der Waals surface area (Å²) in [6.45, 7) is -0.534. The van der Waals surface area contributed by atoms with Gasteiger partial charge in [0.15, 0.2) is 5.78 Å². The van der Waals surface area contributed by atoms with E-state index in [0.717, 1.165) is 0 Å². The number of aliphatic hydroxyl groups is 2. The summed E-state index contributed by atoms with van der Waals surface area (Å²) in [6.07, 6.45) is -1.30. The number of hydrogen-bond donors (Lipinski definition) is 2. The molecule has 0 unspecified atom stereocenters. The molecule has 3 heteroatoms. The first-order chi connectivity index (χ1) is 5.75. The highest BCUT2D eigenvalue weighted by molar-refractivity contribution is 5.99. The van der Waals surface area contributed by atoms with Crippen molar-refractivity contribution in [1.82, 2.24) is 0 Å². The van der Waals surface area contributed by atoms with Crippen molar-refractivity contribution in [3.05, 3.63) is 35.9 Å². The van der Waals surface area contributed by atoms with Crippen LogP contribution in [0.15, 0.2) is 30.3 Å². The van der Waals surface area contributed by atoms with Gasteiger partial charge in [-0.15, -0.1) is 0 Å². The number of benzene rings is 1. The highest BCUT2D eigenvalue weighted by Crippen LogP contribution is 2.02. The monoisotopic (exact) mass is 166 g/mol. The number of Topliss-reactive ketones (excluding diaryl/α,β-unsaturated/α-hetero) is 1. The first-order valence-electron chi connectivity index (χ1n) is 3.64. The zero-order valence-electron chi connectivity index (χ0n) is 6.47. The van der Waals surface area contributed by atoms with E-state index in [1.165, 1.54) is 0 Å². The molecule has 0 spiro atoms. The first-order valence-corrected chi connectivity index (χ1v) is 3.64. The van der Waals surface area contributed by atoms with E-state index >= 15 is 0 Å². The fraction of sp³-hybridized carbons (Fsp3) is 0.222. The molecule has 0 aliphatic rings. The minimum absolute atomic E-state index is 0.416. The van der Waals surface area contributed by atoms with Gasteiger partial charge in [-0.05, 0) is 0 Å². The summed E-state index contributed by atoms with van der Waals surface area (Å²) in [5.74, 6) is -0.446. The molecule has 0 aliphatic heterocycles. The van der Waals surface area contributed by atoms with Crippen LogP contribution < -0.4 is 0 Å². The third kappa shape index (κ3) is 1.90. The Morgan fingerprint density at radius 1 is 1.33 bits per heavy atom. The molecule has 0 amide bonds. The fourth-order valence-electron chi connectivity index (χ4n) is 0.878. The van der Waals surface area contributed by atoms with Crippen LogP contribution in [0.1, 0.15) is 10.4 Å². The summed E-state index contributed by atoms with van der Waals surface area (Å²) in [5.41, 5.74) is 0.416. The van der Waals surface area contributed by atoms with Gasteiger partial charge in [0.1, 0.15) is 6.10 Å². The van der Waals surface area contributed by atoms with Crippen molar-refractivity contribution in [3.63, 3.8) is 0 Å². The molecule has 0 bridgehead atoms. The molecule has 0 radical (unpaired) electrons. The Labute approximate surface area is 70.3 Å². The van der Waals surface area contributed by atoms with Crippen molar-refractivity contribution >= 4 is 5.78 Å². The zero-order valence-corrected chi connectivity index (χ0v) is 6.47. The van der Waals surface area contributed by atoms with Crippen LogP contribution in [0.5, 0.6) is 0 Å². The van der Waals surface area contributed by atoms with Gasteiger partial charge in [0.25, 0.3) is 0 Å². The molecule has 1 rings (SSSR count). The molecule has 0 aliphatic carbocycles. The number of aliphatic hydroxyl groups excluding tert-OH is 2. The van der Waals surface area contributed by atoms with Gasteiger partial charge in [-0.2, -0.15) is 0 Å². The predicted molar refractivity (Wildman–Crippen MR) is 43.9 cm³/mol. The third-order valence-electron chi connectivity index (χ3n) is 1.53. The molecule has 0 heterocycles. The number of carbonyl (C=O) groups excluding carboxylic acids is 1. The average Bonchev–Trinajstić information content (AvgIpc) is 2.17. The molecule has 0 saturated heterocycles. The number of ketones is 1. The Morgan fingerprint density at radius 3 is 2.42 bits per heavy atom. The summed E-state index contributed by atoms with van der Waals surface area (Å²) in [4.78, 5) is 11.2. The quantitative estimate of drug-likeness (QED) is 0.631. The summed E-state index contributed by atoms with van der Waals surface area (Å²) in [7, 11) is 0. The first kappa shape index (κ1) is 8.90. The van der Waals surface area contributed by atoms with Crippen molar-refractivity contribution in [1.29, 1.82) is 0 Å². The molecule has 12 heavy (non-hydrogen) atoms. The number of hydrogen-bond acceptors (Lipinski definition) is 3. The molecule has 1 atom stereocenters. The van der Waals surface area contributed by atoms with Gasteiger partial charge in [-0.1, -0.05) is 30.3 Å². The lowest BCUT2D eigenvalue weighted by Crippen LogP contribution is -2.24. The highest BCUT2D eigenvalue weighted by Gasteiger charge is 2.14. The van der Waals surface area contributed by atoms with Gasteiger partial charge in [0, 0.05) is 5.56 Å². The highest BCUT2D eigenvalue weighted by atomic mass is 16.3. The number of rotatable bonds is 3. The van der Waals surface area contributed by atoms with Gasteiger partial charge < -0.3 is 10.2 Å². The van der Waals surface area contributed by atoms with Crippen LogP contribution in [0.25, 0.3) is 0 Å². The normalized spacial score (nSPS) is 12.5. The van der Waals surface area contributed by atoms with Gasteiger partial charge in [-0.25, -0.2) is 0 Å². The Morgan fingerprint density at radius 2 is 1.92 bits per heavy atom. The molecule has 1 aromatic rings. The predicted octanol–water partition coefficient (Wildman–Crippen LogP) is 0.223. The smallest absolute Gasteiger partial charge is 0.193 e. The van der Waals surface area contributed by atoms with Crippen LogP contribution >= 0.6 is 0 Å². The largest absolute Gasteiger partial charge is 0.393 e. The van der Waals surface area contributed by atoms with Crippen molar-refractivity contribution in [2.45, 2.75) is 6.10 Å². The summed E-state index contributed by atoms with van der Waals surface area (Å²) in [5, 5.41) is 17.5. The van der Waals surface area contributed by atoms with Crippen LogP contribution in [-0.2, 0) is 0 Å². The van der Waals surface area contributed by atoms with Gasteiger partial charge in [0.2, 0.25) is 0 Å². The Hall–Kier alpha value is -1.19. The van der Waals surface area contributed by atoms with E-state index in [9.17, 15) is 4.79 Å². The fourth-order valence-corrected chi connectivity index (χ4v) is 0.878. The van der Waals surface area contributed by atoms with Crippen LogP contribution in [0.3, 0.4) is 0 Å². The van der Waals surface area contributed by atoms with E-state index in [1.54, 1.807) is 30.3 Å². The van der Waals surface area contributed by atoms with Crippen LogP contribution in [-0.4, -0.2) is 28.7 Å². The van der Waals surface area contributed by atoms with Crippen LogP contribution in [0, 0.1) is 0 Å². The molecule has 0 saturated carbocycles. The molecule has 1 aromatic carbocycles. The maximum atomic E-state index is 11.2. The summed E-state index contributed by atoms with van der Waals surface area (Å²) < 4.78 is 0. The van der Waals surface area contributed by atoms with Crippen LogP contribution in [0.4, 0.5) is 0 Å². The maximum absolute atomic E-state index is 11.2. The maximum Gasteiger partial charge on any atom is 0.193 e. The Bertz CT molecular complexity index is 256. The molecule has 3 nitrogen and oxygen atoms in total. The SMILES string of the molecule is O=C(c1ccccc1)[C@@H](O)CO. The van der Waals surface area contributed by atoms with E-state index in [4.69, 9.17) is 10.2 Å². The average molecular weight is 166 g/mol. The minimum Gasteiger partial charge on any atom is -0.393 e. The van der Waals surface area contributed by atoms with E-state index in [-0.39, 0.29) is 0 Å². The van der Waals surface area contributed by atoms with Crippen LogP contribution in [0.2, 0.25) is 0 Å². The van der Waals surface area contributed by atoms with Gasteiger partial charge in [-0.3, -0.25) is 4.79 Å². The minimum atomic E-state index is -1.30. The second kappa shape index (κ2) is 3.99. The summed E-state index contributed by atoms with van der Waals surface area (Å²) >= 11 is 0. The van der Waals surface area contributed by atoms with E-state index in [2.05, 4.69) is 0 Å². The van der Waals surface area contributed by atoms with Crippen molar-refractivity contribution in [2.24, 2.45) is 0 Å². The third-order valence-corrected chi connectivity index (χ3v) is 1.53. The molecular weight excluding hydrogens is 156 g/mol.